The van der Waals surface area contributed by atoms with Crippen LogP contribution < -0.4 is 10.6 Å². The number of hydrogen-bond donors (Lipinski definition) is 1. The number of hydrogen-bond acceptors (Lipinski definition) is 2. The molecule has 2 N–H and O–H groups in total. The molecule has 3 nitrogen and oxygen atoms in total. The van der Waals surface area contributed by atoms with Crippen LogP contribution in [0.2, 0.25) is 0 Å². The maximum absolute atomic E-state index is 13.3. The standard InChI is InChI=1S/C16H15FN2OS/c1-10-6-7-12(17)9-14(10)16(20)19(2)13-5-3-4-11(8-13)15(18)21/h3-9H,1-2H3,(H2,18,21). The third-order valence-corrected chi connectivity index (χ3v) is 3.49. The molecule has 0 aromatic heterocycles. The van der Waals surface area contributed by atoms with E-state index in [2.05, 4.69) is 0 Å². The van der Waals surface area contributed by atoms with Crippen LogP contribution in [-0.2, 0) is 0 Å². The van der Waals surface area contributed by atoms with E-state index < -0.39 is 5.82 Å². The van der Waals surface area contributed by atoms with Gasteiger partial charge in [-0.3, -0.25) is 4.79 Å². The first-order valence-electron chi connectivity index (χ1n) is 6.34. The van der Waals surface area contributed by atoms with E-state index in [0.29, 0.717) is 16.8 Å². The van der Waals surface area contributed by atoms with Gasteiger partial charge in [0.2, 0.25) is 0 Å². The van der Waals surface area contributed by atoms with E-state index in [1.807, 2.05) is 0 Å². The molecule has 0 heterocycles. The lowest BCUT2D eigenvalue weighted by Crippen LogP contribution is -2.27. The highest BCUT2D eigenvalue weighted by atomic mass is 32.1. The van der Waals surface area contributed by atoms with E-state index in [4.69, 9.17) is 18.0 Å². The fourth-order valence-electron chi connectivity index (χ4n) is 1.99. The number of nitrogens with two attached hydrogens (primary N) is 1. The van der Waals surface area contributed by atoms with Crippen LogP contribution in [-0.4, -0.2) is 17.9 Å². The predicted molar refractivity (Wildman–Crippen MR) is 86.2 cm³/mol. The van der Waals surface area contributed by atoms with Gasteiger partial charge in [0, 0.05) is 23.9 Å². The lowest BCUT2D eigenvalue weighted by Gasteiger charge is -2.19. The molecule has 0 bridgehead atoms. The molecule has 0 radical (unpaired) electrons. The summed E-state index contributed by atoms with van der Waals surface area (Å²) in [4.78, 5) is 14.2. The van der Waals surface area contributed by atoms with Crippen LogP contribution in [0, 0.1) is 12.7 Å². The Labute approximate surface area is 128 Å². The first-order chi connectivity index (χ1) is 9.90. The van der Waals surface area contributed by atoms with Gasteiger partial charge in [-0.25, -0.2) is 4.39 Å². The van der Waals surface area contributed by atoms with E-state index in [0.717, 1.165) is 5.56 Å². The summed E-state index contributed by atoms with van der Waals surface area (Å²) in [5.74, 6) is -0.721. The second-order valence-electron chi connectivity index (χ2n) is 4.74. The molecule has 2 aromatic rings. The topological polar surface area (TPSA) is 46.3 Å². The van der Waals surface area contributed by atoms with Crippen LogP contribution in [0.15, 0.2) is 42.5 Å². The smallest absolute Gasteiger partial charge is 0.258 e. The molecule has 5 heteroatoms. The Bertz CT molecular complexity index is 715. The predicted octanol–water partition coefficient (Wildman–Crippen LogP) is 3.04. The SMILES string of the molecule is Cc1ccc(F)cc1C(=O)N(C)c1cccc(C(N)=S)c1. The highest BCUT2D eigenvalue weighted by Crippen LogP contribution is 2.19. The summed E-state index contributed by atoms with van der Waals surface area (Å²) < 4.78 is 13.3. The number of halogens is 1. The van der Waals surface area contributed by atoms with Gasteiger partial charge in [-0.15, -0.1) is 0 Å². The van der Waals surface area contributed by atoms with Crippen LogP contribution in [0.25, 0.3) is 0 Å². The highest BCUT2D eigenvalue weighted by molar-refractivity contribution is 7.80. The van der Waals surface area contributed by atoms with Crippen LogP contribution in [0.5, 0.6) is 0 Å². The molecular weight excluding hydrogens is 287 g/mol. The van der Waals surface area contributed by atoms with Crippen molar-refractivity contribution in [2.45, 2.75) is 6.92 Å². The largest absolute Gasteiger partial charge is 0.389 e. The molecule has 0 unspecified atom stereocenters. The van der Waals surface area contributed by atoms with Gasteiger partial charge in [0.05, 0.1) is 0 Å². The molecule has 108 valence electrons. The summed E-state index contributed by atoms with van der Waals surface area (Å²) in [5, 5.41) is 0. The third kappa shape index (κ3) is 3.25. The Morgan fingerprint density at radius 3 is 2.62 bits per heavy atom. The minimum absolute atomic E-state index is 0.264. The highest BCUT2D eigenvalue weighted by Gasteiger charge is 2.16. The Morgan fingerprint density at radius 1 is 1.24 bits per heavy atom. The Balaban J connectivity index is 2.37. The molecule has 21 heavy (non-hydrogen) atoms. The lowest BCUT2D eigenvalue weighted by molar-refractivity contribution is 0.0992. The monoisotopic (exact) mass is 302 g/mol. The second-order valence-corrected chi connectivity index (χ2v) is 5.18. The Morgan fingerprint density at radius 2 is 1.95 bits per heavy atom. The van der Waals surface area contributed by atoms with Crippen LogP contribution in [0.4, 0.5) is 10.1 Å². The first kappa shape index (κ1) is 15.1. The first-order valence-corrected chi connectivity index (χ1v) is 6.75. The molecule has 0 saturated carbocycles. The van der Waals surface area contributed by atoms with Gasteiger partial charge in [0.15, 0.2) is 0 Å². The van der Waals surface area contributed by atoms with Gasteiger partial charge >= 0.3 is 0 Å². The lowest BCUT2D eigenvalue weighted by atomic mass is 10.1. The summed E-state index contributed by atoms with van der Waals surface area (Å²) in [6, 6.07) is 11.2. The molecule has 2 aromatic carbocycles. The quantitative estimate of drug-likeness (QED) is 0.886. The van der Waals surface area contributed by atoms with Crippen molar-refractivity contribution >= 4 is 28.8 Å². The zero-order chi connectivity index (χ0) is 15.6. The Hall–Kier alpha value is -2.27. The summed E-state index contributed by atoms with van der Waals surface area (Å²) in [7, 11) is 1.63. The van der Waals surface area contributed by atoms with Gasteiger partial charge in [-0.05, 0) is 36.8 Å². The number of nitrogens with zero attached hydrogens (tertiary/aromatic N) is 1. The van der Waals surface area contributed by atoms with E-state index in [-0.39, 0.29) is 10.9 Å². The molecule has 0 aliphatic heterocycles. The molecule has 0 spiro atoms. The normalized spacial score (nSPS) is 10.2. The summed E-state index contributed by atoms with van der Waals surface area (Å²) in [6.07, 6.45) is 0. The van der Waals surface area contributed by atoms with Gasteiger partial charge in [0.25, 0.3) is 5.91 Å². The number of anilines is 1. The number of amides is 1. The third-order valence-electron chi connectivity index (χ3n) is 3.25. The fourth-order valence-corrected chi connectivity index (χ4v) is 2.12. The molecule has 0 saturated heterocycles. The molecular formula is C16H15FN2OS. The molecule has 2 rings (SSSR count). The summed E-state index contributed by atoms with van der Waals surface area (Å²) in [5.41, 5.74) is 7.97. The minimum atomic E-state index is -0.436. The van der Waals surface area contributed by atoms with Crippen molar-refractivity contribution in [1.29, 1.82) is 0 Å². The van der Waals surface area contributed by atoms with E-state index in [9.17, 15) is 9.18 Å². The Kier molecular flexibility index (Phi) is 4.33. The zero-order valence-corrected chi connectivity index (χ0v) is 12.6. The van der Waals surface area contributed by atoms with Crippen molar-refractivity contribution in [1.82, 2.24) is 0 Å². The van der Waals surface area contributed by atoms with E-state index >= 15 is 0 Å². The van der Waals surface area contributed by atoms with Crippen molar-refractivity contribution in [2.24, 2.45) is 5.73 Å². The molecule has 0 atom stereocenters. The average molecular weight is 302 g/mol. The molecule has 0 aliphatic carbocycles. The molecule has 0 fully saturated rings. The summed E-state index contributed by atoms with van der Waals surface area (Å²) in [6.45, 7) is 1.77. The van der Waals surface area contributed by atoms with Crippen LogP contribution >= 0.6 is 12.2 Å². The van der Waals surface area contributed by atoms with Crippen molar-refractivity contribution < 1.29 is 9.18 Å². The maximum atomic E-state index is 13.3. The number of thiocarbonyl (C=S) groups is 1. The second kappa shape index (κ2) is 6.01. The van der Waals surface area contributed by atoms with E-state index in [1.165, 1.54) is 17.0 Å². The van der Waals surface area contributed by atoms with Gasteiger partial charge in [0.1, 0.15) is 10.8 Å². The maximum Gasteiger partial charge on any atom is 0.258 e. The number of rotatable bonds is 3. The number of carbonyl (C=O) groups excluding carboxylic acids is 1. The number of benzene rings is 2. The zero-order valence-electron chi connectivity index (χ0n) is 11.8. The van der Waals surface area contributed by atoms with Gasteiger partial charge in [-0.2, -0.15) is 0 Å². The van der Waals surface area contributed by atoms with Gasteiger partial charge in [-0.1, -0.05) is 30.4 Å². The van der Waals surface area contributed by atoms with Crippen molar-refractivity contribution in [3.8, 4) is 0 Å². The fraction of sp³-hybridized carbons (Fsp3) is 0.125. The molecule has 0 aliphatic rings. The number of carbonyl (C=O) groups is 1. The summed E-state index contributed by atoms with van der Waals surface area (Å²) >= 11 is 4.93. The number of aryl methyl sites for hydroxylation is 1. The molecule has 1 amide bonds. The van der Waals surface area contributed by atoms with Gasteiger partial charge < -0.3 is 10.6 Å². The average Bonchev–Trinajstić information content (AvgIpc) is 2.48. The van der Waals surface area contributed by atoms with E-state index in [1.54, 1.807) is 44.3 Å². The van der Waals surface area contributed by atoms with Crippen LogP contribution in [0.3, 0.4) is 0 Å². The van der Waals surface area contributed by atoms with Crippen molar-refractivity contribution in [3.05, 3.63) is 65.0 Å². The van der Waals surface area contributed by atoms with Crippen LogP contribution in [0.1, 0.15) is 21.5 Å². The van der Waals surface area contributed by atoms with Crippen molar-refractivity contribution in [3.63, 3.8) is 0 Å². The van der Waals surface area contributed by atoms with Crippen molar-refractivity contribution in [2.75, 3.05) is 11.9 Å². The minimum Gasteiger partial charge on any atom is -0.389 e.